The minimum Gasteiger partial charge on any atom is -0.352 e. The molecule has 0 saturated heterocycles. The number of pyridine rings is 1. The first-order chi connectivity index (χ1) is 14.5. The second-order valence-electron chi connectivity index (χ2n) is 8.45. The van der Waals surface area contributed by atoms with Crippen LogP contribution < -0.4 is 5.32 Å². The molecule has 1 amide bonds. The average molecular weight is 411 g/mol. The van der Waals surface area contributed by atoms with E-state index in [1.807, 2.05) is 0 Å². The first kappa shape index (κ1) is 22.2. The lowest BCUT2D eigenvalue weighted by atomic mass is 10.0. The van der Waals surface area contributed by atoms with Crippen LogP contribution in [0.25, 0.3) is 0 Å². The van der Waals surface area contributed by atoms with Crippen LogP contribution in [0.3, 0.4) is 0 Å². The van der Waals surface area contributed by atoms with Gasteiger partial charge in [-0.1, -0.05) is 18.6 Å². The Morgan fingerprint density at radius 1 is 1.27 bits per heavy atom. The largest absolute Gasteiger partial charge is 0.352 e. The maximum absolute atomic E-state index is 12.2. The molecule has 0 aliphatic carbocycles. The molecule has 0 saturated carbocycles. The summed E-state index contributed by atoms with van der Waals surface area (Å²) < 4.78 is 2.24. The number of nitrogens with zero attached hydrogens (tertiary/aromatic N) is 5. The van der Waals surface area contributed by atoms with Crippen LogP contribution in [0.1, 0.15) is 55.6 Å². The highest BCUT2D eigenvalue weighted by Crippen LogP contribution is 2.14. The zero-order chi connectivity index (χ0) is 21.3. The van der Waals surface area contributed by atoms with Gasteiger partial charge in [0.25, 0.3) is 5.91 Å². The van der Waals surface area contributed by atoms with E-state index in [-0.39, 0.29) is 5.91 Å². The Kier molecular flexibility index (Phi) is 8.13. The van der Waals surface area contributed by atoms with Crippen LogP contribution >= 0.6 is 0 Å². The van der Waals surface area contributed by atoms with Crippen LogP contribution in [0, 0.1) is 5.92 Å². The number of allylic oxidation sites excluding steroid dienone is 2. The van der Waals surface area contributed by atoms with E-state index in [1.165, 1.54) is 12.0 Å². The van der Waals surface area contributed by atoms with Gasteiger partial charge in [-0.2, -0.15) is 0 Å². The van der Waals surface area contributed by atoms with Crippen LogP contribution in [0.5, 0.6) is 0 Å². The van der Waals surface area contributed by atoms with Crippen LogP contribution in [0.4, 0.5) is 0 Å². The standard InChI is InChI=1S/C23H34N6O/c1-18(2)6-4-7-19(3)17-28-13-10-22-27-26-21(29(22)15-14-28)9-12-25-23(30)20-8-5-11-24-16-20/h5-6,8,11,16,19H,4,7,9-10,12-15,17H2,1-3H3,(H,25,30)/t19-/m0/s1. The van der Waals surface area contributed by atoms with Crippen molar-refractivity contribution in [3.8, 4) is 0 Å². The normalized spacial score (nSPS) is 15.2. The van der Waals surface area contributed by atoms with Gasteiger partial charge in [0.05, 0.1) is 5.56 Å². The number of carbonyl (C=O) groups excluding carboxylic acids is 1. The molecule has 30 heavy (non-hydrogen) atoms. The Hall–Kier alpha value is -2.54. The quantitative estimate of drug-likeness (QED) is 0.644. The molecule has 0 unspecified atom stereocenters. The summed E-state index contributed by atoms with van der Waals surface area (Å²) in [6.07, 6.45) is 9.57. The Bertz CT molecular complexity index is 841. The first-order valence-electron chi connectivity index (χ1n) is 11.0. The average Bonchev–Trinajstić information content (AvgIpc) is 3.00. The molecule has 0 spiro atoms. The summed E-state index contributed by atoms with van der Waals surface area (Å²) in [6.45, 7) is 11.3. The van der Waals surface area contributed by atoms with E-state index in [1.54, 1.807) is 24.5 Å². The fourth-order valence-corrected chi connectivity index (χ4v) is 3.87. The summed E-state index contributed by atoms with van der Waals surface area (Å²) >= 11 is 0. The summed E-state index contributed by atoms with van der Waals surface area (Å²) in [6, 6.07) is 3.53. The number of rotatable bonds is 9. The maximum Gasteiger partial charge on any atom is 0.252 e. The van der Waals surface area contributed by atoms with Crippen molar-refractivity contribution >= 4 is 5.91 Å². The number of aromatic nitrogens is 4. The van der Waals surface area contributed by atoms with Crippen LogP contribution in [-0.2, 0) is 19.4 Å². The van der Waals surface area contributed by atoms with Crippen LogP contribution in [0.2, 0.25) is 0 Å². The van der Waals surface area contributed by atoms with E-state index >= 15 is 0 Å². The molecule has 3 heterocycles. The molecule has 1 atom stereocenters. The van der Waals surface area contributed by atoms with Crippen molar-refractivity contribution in [1.82, 2.24) is 30.0 Å². The van der Waals surface area contributed by atoms with E-state index in [4.69, 9.17) is 0 Å². The van der Waals surface area contributed by atoms with Crippen molar-refractivity contribution in [2.24, 2.45) is 5.92 Å². The fraction of sp³-hybridized carbons (Fsp3) is 0.565. The van der Waals surface area contributed by atoms with Crippen molar-refractivity contribution in [3.05, 3.63) is 53.4 Å². The fourth-order valence-electron chi connectivity index (χ4n) is 3.87. The molecule has 0 aromatic carbocycles. The number of fused-ring (bicyclic) bond motifs is 1. The molecule has 0 bridgehead atoms. The number of carbonyl (C=O) groups is 1. The Labute approximate surface area is 179 Å². The van der Waals surface area contributed by atoms with Gasteiger partial charge in [-0.3, -0.25) is 9.78 Å². The minimum atomic E-state index is -0.105. The van der Waals surface area contributed by atoms with Crippen molar-refractivity contribution in [3.63, 3.8) is 0 Å². The summed E-state index contributed by atoms with van der Waals surface area (Å²) in [5, 5.41) is 11.7. The molecule has 7 heteroatoms. The third-order valence-electron chi connectivity index (χ3n) is 5.54. The van der Waals surface area contributed by atoms with Crippen LogP contribution in [-0.4, -0.2) is 56.7 Å². The van der Waals surface area contributed by atoms with Gasteiger partial charge in [-0.15, -0.1) is 10.2 Å². The highest BCUT2D eigenvalue weighted by molar-refractivity contribution is 5.93. The molecule has 0 radical (unpaired) electrons. The van der Waals surface area contributed by atoms with Gasteiger partial charge in [-0.05, 0) is 44.7 Å². The molecule has 1 aliphatic heterocycles. The minimum absolute atomic E-state index is 0.105. The third kappa shape index (κ3) is 6.49. The van der Waals surface area contributed by atoms with Gasteiger partial charge in [-0.25, -0.2) is 0 Å². The molecule has 1 N–H and O–H groups in total. The van der Waals surface area contributed by atoms with Crippen molar-refractivity contribution in [2.45, 2.75) is 53.0 Å². The predicted octanol–water partition coefficient (Wildman–Crippen LogP) is 2.89. The Morgan fingerprint density at radius 3 is 2.90 bits per heavy atom. The van der Waals surface area contributed by atoms with Gasteiger partial charge >= 0.3 is 0 Å². The summed E-state index contributed by atoms with van der Waals surface area (Å²) in [4.78, 5) is 18.7. The smallest absolute Gasteiger partial charge is 0.252 e. The van der Waals surface area contributed by atoms with Gasteiger partial charge in [0, 0.05) is 58.0 Å². The monoisotopic (exact) mass is 410 g/mol. The lowest BCUT2D eigenvalue weighted by molar-refractivity contribution is 0.0953. The highest BCUT2D eigenvalue weighted by Gasteiger charge is 2.19. The zero-order valence-electron chi connectivity index (χ0n) is 18.5. The number of nitrogens with one attached hydrogen (secondary N) is 1. The van der Waals surface area contributed by atoms with E-state index in [0.717, 1.165) is 50.7 Å². The number of hydrogen-bond donors (Lipinski definition) is 1. The Balaban J connectivity index is 1.46. The molecule has 1 aliphatic rings. The lowest BCUT2D eigenvalue weighted by Crippen LogP contribution is -2.31. The molecular weight excluding hydrogens is 376 g/mol. The lowest BCUT2D eigenvalue weighted by Gasteiger charge is -2.23. The summed E-state index contributed by atoms with van der Waals surface area (Å²) in [5.41, 5.74) is 1.98. The second kappa shape index (κ2) is 11.0. The van der Waals surface area contributed by atoms with E-state index in [2.05, 4.69) is 56.8 Å². The van der Waals surface area contributed by atoms with E-state index < -0.39 is 0 Å². The summed E-state index contributed by atoms with van der Waals surface area (Å²) in [5.74, 6) is 2.59. The second-order valence-corrected chi connectivity index (χ2v) is 8.45. The number of amides is 1. The van der Waals surface area contributed by atoms with Gasteiger partial charge in [0.1, 0.15) is 11.6 Å². The molecule has 0 fully saturated rings. The first-order valence-corrected chi connectivity index (χ1v) is 11.0. The summed E-state index contributed by atoms with van der Waals surface area (Å²) in [7, 11) is 0. The molecule has 162 valence electrons. The van der Waals surface area contributed by atoms with E-state index in [0.29, 0.717) is 24.4 Å². The SMILES string of the molecule is CC(C)=CCC[C@H](C)CN1CCc2nnc(CCNC(=O)c3cccnc3)n2CC1. The van der Waals surface area contributed by atoms with Crippen LogP contribution in [0.15, 0.2) is 36.2 Å². The van der Waals surface area contributed by atoms with Crippen molar-refractivity contribution in [2.75, 3.05) is 26.2 Å². The van der Waals surface area contributed by atoms with Gasteiger partial charge in [0.15, 0.2) is 0 Å². The zero-order valence-corrected chi connectivity index (χ0v) is 18.5. The predicted molar refractivity (Wildman–Crippen MR) is 118 cm³/mol. The molecule has 7 nitrogen and oxygen atoms in total. The van der Waals surface area contributed by atoms with Gasteiger partial charge < -0.3 is 14.8 Å². The molecular formula is C23H34N6O. The topological polar surface area (TPSA) is 75.9 Å². The van der Waals surface area contributed by atoms with Crippen molar-refractivity contribution in [1.29, 1.82) is 0 Å². The molecule has 2 aromatic rings. The van der Waals surface area contributed by atoms with E-state index in [9.17, 15) is 4.79 Å². The van der Waals surface area contributed by atoms with Crippen molar-refractivity contribution < 1.29 is 4.79 Å². The number of hydrogen-bond acceptors (Lipinski definition) is 5. The highest BCUT2D eigenvalue weighted by atomic mass is 16.1. The van der Waals surface area contributed by atoms with Gasteiger partial charge in [0.2, 0.25) is 0 Å². The molecule has 3 rings (SSSR count). The maximum atomic E-state index is 12.2. The third-order valence-corrected chi connectivity index (χ3v) is 5.54. The Morgan fingerprint density at radius 2 is 2.13 bits per heavy atom. The molecule has 2 aromatic heterocycles.